The third-order valence-corrected chi connectivity index (χ3v) is 6.62. The lowest BCUT2D eigenvalue weighted by atomic mass is 10.1. The van der Waals surface area contributed by atoms with E-state index in [2.05, 4.69) is 0 Å². The van der Waals surface area contributed by atoms with Crippen molar-refractivity contribution >= 4 is 29.2 Å². The standard InChI is InChI=1S/C31H28Cl2O7/c1-35-23-10-4-20(5-11-23)17-38-29-27(32)16-26(31(34)40-19-22-8-14-25(37-3)15-9-22)28(33)30(29)39-18-21-6-12-24(36-2)13-7-21/h4-16H,17-19H2,1-3H3. The van der Waals surface area contributed by atoms with E-state index in [9.17, 15) is 4.79 Å². The Morgan fingerprint density at radius 3 is 1.43 bits per heavy atom. The van der Waals surface area contributed by atoms with E-state index in [-0.39, 0.29) is 46.9 Å². The second-order valence-corrected chi connectivity index (χ2v) is 9.36. The van der Waals surface area contributed by atoms with Crippen molar-refractivity contribution in [1.29, 1.82) is 0 Å². The molecule has 208 valence electrons. The highest BCUT2D eigenvalue weighted by Gasteiger charge is 2.24. The van der Waals surface area contributed by atoms with Crippen LogP contribution in [0.2, 0.25) is 10.0 Å². The normalized spacial score (nSPS) is 10.5. The van der Waals surface area contributed by atoms with Crippen LogP contribution in [0.5, 0.6) is 28.7 Å². The molecule has 0 aromatic heterocycles. The van der Waals surface area contributed by atoms with Crippen LogP contribution in [0.25, 0.3) is 0 Å². The van der Waals surface area contributed by atoms with E-state index in [0.29, 0.717) is 5.75 Å². The average Bonchev–Trinajstić information content (AvgIpc) is 3.00. The van der Waals surface area contributed by atoms with Crippen LogP contribution < -0.4 is 23.7 Å². The predicted molar refractivity (Wildman–Crippen MR) is 153 cm³/mol. The Morgan fingerprint density at radius 1 is 0.600 bits per heavy atom. The Labute approximate surface area is 243 Å². The number of carbonyl (C=O) groups is 1. The molecule has 0 aliphatic rings. The van der Waals surface area contributed by atoms with Gasteiger partial charge in [0.2, 0.25) is 0 Å². The Hall–Kier alpha value is -4.07. The minimum Gasteiger partial charge on any atom is -0.497 e. The first kappa shape index (κ1) is 28.9. The summed E-state index contributed by atoms with van der Waals surface area (Å²) >= 11 is 13.3. The topological polar surface area (TPSA) is 72.5 Å². The van der Waals surface area contributed by atoms with Crippen molar-refractivity contribution in [3.63, 3.8) is 0 Å². The monoisotopic (exact) mass is 582 g/mol. The van der Waals surface area contributed by atoms with Crippen molar-refractivity contribution in [3.05, 3.63) is 111 Å². The maximum atomic E-state index is 13.1. The third kappa shape index (κ3) is 7.31. The molecule has 4 rings (SSSR count). The Balaban J connectivity index is 1.57. The fraction of sp³-hybridized carbons (Fsp3) is 0.194. The van der Waals surface area contributed by atoms with Gasteiger partial charge in [-0.15, -0.1) is 0 Å². The summed E-state index contributed by atoms with van der Waals surface area (Å²) in [5, 5.41) is 0.182. The molecule has 0 spiro atoms. The molecular formula is C31H28Cl2O7. The Kier molecular flexibility index (Phi) is 10.00. The van der Waals surface area contributed by atoms with Gasteiger partial charge in [0.15, 0.2) is 11.5 Å². The van der Waals surface area contributed by atoms with Crippen LogP contribution in [-0.2, 0) is 24.6 Å². The van der Waals surface area contributed by atoms with Gasteiger partial charge in [-0.2, -0.15) is 0 Å². The molecule has 7 nitrogen and oxygen atoms in total. The lowest BCUT2D eigenvalue weighted by molar-refractivity contribution is 0.0472. The maximum absolute atomic E-state index is 13.1. The number of methoxy groups -OCH3 is 3. The molecule has 0 aliphatic heterocycles. The van der Waals surface area contributed by atoms with E-state index in [4.69, 9.17) is 51.6 Å². The summed E-state index contributed by atoms with van der Waals surface area (Å²) in [6, 6.07) is 23.4. The fourth-order valence-electron chi connectivity index (χ4n) is 3.70. The molecule has 40 heavy (non-hydrogen) atoms. The number of rotatable bonds is 12. The van der Waals surface area contributed by atoms with Crippen molar-refractivity contribution in [2.24, 2.45) is 0 Å². The van der Waals surface area contributed by atoms with Gasteiger partial charge in [-0.3, -0.25) is 0 Å². The summed E-state index contributed by atoms with van der Waals surface area (Å²) in [5.74, 6) is 1.84. The minimum absolute atomic E-state index is 0.0300. The van der Waals surface area contributed by atoms with Crippen molar-refractivity contribution in [2.45, 2.75) is 19.8 Å². The highest BCUT2D eigenvalue weighted by atomic mass is 35.5. The second-order valence-electron chi connectivity index (χ2n) is 8.58. The van der Waals surface area contributed by atoms with Crippen molar-refractivity contribution in [2.75, 3.05) is 21.3 Å². The minimum atomic E-state index is -0.654. The van der Waals surface area contributed by atoms with Crippen LogP contribution in [0.1, 0.15) is 27.0 Å². The molecule has 0 heterocycles. The van der Waals surface area contributed by atoms with Crippen LogP contribution in [0.3, 0.4) is 0 Å². The lowest BCUT2D eigenvalue weighted by Crippen LogP contribution is -2.09. The van der Waals surface area contributed by atoms with E-state index >= 15 is 0 Å². The van der Waals surface area contributed by atoms with Gasteiger partial charge < -0.3 is 28.4 Å². The van der Waals surface area contributed by atoms with Crippen molar-refractivity contribution in [1.82, 2.24) is 0 Å². The average molecular weight is 583 g/mol. The van der Waals surface area contributed by atoms with Gasteiger partial charge in [0, 0.05) is 0 Å². The molecule has 0 fully saturated rings. The number of esters is 1. The molecule has 0 atom stereocenters. The number of halogens is 2. The van der Waals surface area contributed by atoms with Crippen LogP contribution in [0.4, 0.5) is 0 Å². The SMILES string of the molecule is COc1ccc(COC(=O)c2cc(Cl)c(OCc3ccc(OC)cc3)c(OCc3ccc(OC)cc3)c2Cl)cc1. The molecule has 9 heteroatoms. The number of benzene rings is 4. The van der Waals surface area contributed by atoms with Crippen LogP contribution in [-0.4, -0.2) is 27.3 Å². The van der Waals surface area contributed by atoms with E-state index in [1.807, 2.05) is 48.5 Å². The molecule has 0 aliphatic carbocycles. The third-order valence-electron chi connectivity index (χ3n) is 5.96. The predicted octanol–water partition coefficient (Wildman–Crippen LogP) is 7.53. The summed E-state index contributed by atoms with van der Waals surface area (Å²) in [6.07, 6.45) is 0. The molecular weight excluding hydrogens is 555 g/mol. The largest absolute Gasteiger partial charge is 0.497 e. The first-order valence-electron chi connectivity index (χ1n) is 12.2. The Bertz CT molecular complexity index is 1420. The lowest BCUT2D eigenvalue weighted by Gasteiger charge is -2.18. The zero-order valence-corrected chi connectivity index (χ0v) is 23.8. The zero-order chi connectivity index (χ0) is 28.5. The first-order valence-corrected chi connectivity index (χ1v) is 13.0. The van der Waals surface area contributed by atoms with Gasteiger partial charge in [-0.05, 0) is 59.2 Å². The molecule has 0 amide bonds. The van der Waals surface area contributed by atoms with Crippen molar-refractivity contribution in [3.8, 4) is 28.7 Å². The van der Waals surface area contributed by atoms with Crippen LogP contribution in [0, 0.1) is 0 Å². The van der Waals surface area contributed by atoms with E-state index in [1.54, 1.807) is 45.6 Å². The summed E-state index contributed by atoms with van der Waals surface area (Å²) in [6.45, 7) is 0.359. The molecule has 0 saturated heterocycles. The van der Waals surface area contributed by atoms with Gasteiger partial charge in [-0.1, -0.05) is 59.6 Å². The highest BCUT2D eigenvalue weighted by molar-refractivity contribution is 6.38. The van der Waals surface area contributed by atoms with Gasteiger partial charge in [-0.25, -0.2) is 4.79 Å². The quantitative estimate of drug-likeness (QED) is 0.160. The first-order chi connectivity index (χ1) is 19.4. The highest BCUT2D eigenvalue weighted by Crippen LogP contribution is 2.44. The van der Waals surface area contributed by atoms with E-state index in [0.717, 1.165) is 28.2 Å². The molecule has 0 saturated carbocycles. The van der Waals surface area contributed by atoms with Gasteiger partial charge in [0.25, 0.3) is 0 Å². The fourth-order valence-corrected chi connectivity index (χ4v) is 4.22. The molecule has 0 radical (unpaired) electrons. The van der Waals surface area contributed by atoms with Gasteiger partial charge in [0.05, 0.1) is 31.9 Å². The maximum Gasteiger partial charge on any atom is 0.340 e. The summed E-state index contributed by atoms with van der Waals surface area (Å²) in [4.78, 5) is 13.1. The van der Waals surface area contributed by atoms with E-state index < -0.39 is 5.97 Å². The van der Waals surface area contributed by atoms with Crippen LogP contribution in [0.15, 0.2) is 78.9 Å². The van der Waals surface area contributed by atoms with Gasteiger partial charge in [0.1, 0.15) is 42.1 Å². The zero-order valence-electron chi connectivity index (χ0n) is 22.2. The van der Waals surface area contributed by atoms with E-state index in [1.165, 1.54) is 6.07 Å². The summed E-state index contributed by atoms with van der Waals surface area (Å²) in [5.41, 5.74) is 2.56. The molecule has 0 unspecified atom stereocenters. The summed E-state index contributed by atoms with van der Waals surface area (Å²) in [7, 11) is 4.78. The molecule has 0 bridgehead atoms. The van der Waals surface area contributed by atoms with Crippen molar-refractivity contribution < 1.29 is 33.2 Å². The van der Waals surface area contributed by atoms with Crippen LogP contribution >= 0.6 is 23.2 Å². The number of hydrogen-bond acceptors (Lipinski definition) is 7. The number of hydrogen-bond donors (Lipinski definition) is 0. The number of ether oxygens (including phenoxy) is 6. The smallest absolute Gasteiger partial charge is 0.340 e. The summed E-state index contributed by atoms with van der Waals surface area (Å²) < 4.78 is 33.2. The molecule has 0 N–H and O–H groups in total. The second kappa shape index (κ2) is 13.8. The van der Waals surface area contributed by atoms with Gasteiger partial charge >= 0.3 is 5.97 Å². The number of carbonyl (C=O) groups excluding carboxylic acids is 1. The Morgan fingerprint density at radius 2 is 1.00 bits per heavy atom. The molecule has 4 aromatic carbocycles. The molecule has 4 aromatic rings.